The third-order valence-corrected chi connectivity index (χ3v) is 4.77. The standard InChI is InChI=1S/C20H34N4O/c1-5-14-22-18(25)13-15-23-19(21-4)24-16-20(6-2,7-3)17-11-9-8-10-12-17/h8-12H,5-7,13-16H2,1-4H3,(H,22,25)(H2,21,23,24). The lowest BCUT2D eigenvalue weighted by Crippen LogP contribution is -2.46. The van der Waals surface area contributed by atoms with Gasteiger partial charge in [-0.25, -0.2) is 0 Å². The van der Waals surface area contributed by atoms with Crippen molar-refractivity contribution >= 4 is 11.9 Å². The number of rotatable bonds is 10. The fraction of sp³-hybridized carbons (Fsp3) is 0.600. The molecule has 1 rings (SSSR count). The van der Waals surface area contributed by atoms with E-state index in [0.29, 0.717) is 13.0 Å². The second-order valence-corrected chi connectivity index (χ2v) is 6.31. The van der Waals surface area contributed by atoms with Gasteiger partial charge in [0.1, 0.15) is 0 Å². The van der Waals surface area contributed by atoms with Crippen molar-refractivity contribution in [2.45, 2.75) is 51.9 Å². The maximum atomic E-state index is 11.7. The van der Waals surface area contributed by atoms with Crippen molar-refractivity contribution in [2.24, 2.45) is 4.99 Å². The molecule has 0 heterocycles. The monoisotopic (exact) mass is 346 g/mol. The Bertz CT molecular complexity index is 524. The molecule has 0 saturated carbocycles. The number of carbonyl (C=O) groups is 1. The molecule has 0 aliphatic carbocycles. The highest BCUT2D eigenvalue weighted by Crippen LogP contribution is 2.30. The lowest BCUT2D eigenvalue weighted by Gasteiger charge is -2.33. The largest absolute Gasteiger partial charge is 0.356 e. The Morgan fingerprint density at radius 2 is 1.68 bits per heavy atom. The summed E-state index contributed by atoms with van der Waals surface area (Å²) < 4.78 is 0. The molecule has 140 valence electrons. The maximum absolute atomic E-state index is 11.7. The highest BCUT2D eigenvalue weighted by Gasteiger charge is 2.28. The van der Waals surface area contributed by atoms with Crippen molar-refractivity contribution in [1.82, 2.24) is 16.0 Å². The fourth-order valence-corrected chi connectivity index (χ4v) is 2.92. The minimum Gasteiger partial charge on any atom is -0.356 e. The molecule has 0 saturated heterocycles. The summed E-state index contributed by atoms with van der Waals surface area (Å²) >= 11 is 0. The van der Waals surface area contributed by atoms with Gasteiger partial charge in [0.05, 0.1) is 0 Å². The molecule has 25 heavy (non-hydrogen) atoms. The Balaban J connectivity index is 2.55. The normalized spacial score (nSPS) is 11.9. The zero-order valence-corrected chi connectivity index (χ0v) is 16.2. The molecule has 0 aliphatic heterocycles. The van der Waals surface area contributed by atoms with Gasteiger partial charge in [-0.05, 0) is 24.8 Å². The molecule has 0 bridgehead atoms. The number of hydrogen-bond donors (Lipinski definition) is 3. The quantitative estimate of drug-likeness (QED) is 0.451. The predicted molar refractivity (Wildman–Crippen MR) is 106 cm³/mol. The number of nitrogens with zero attached hydrogens (tertiary/aromatic N) is 1. The number of amides is 1. The Hall–Kier alpha value is -2.04. The molecular formula is C20H34N4O. The van der Waals surface area contributed by atoms with Gasteiger partial charge < -0.3 is 16.0 Å². The Morgan fingerprint density at radius 3 is 2.24 bits per heavy atom. The third-order valence-electron chi connectivity index (χ3n) is 4.77. The van der Waals surface area contributed by atoms with Crippen LogP contribution >= 0.6 is 0 Å². The zero-order valence-electron chi connectivity index (χ0n) is 16.2. The number of nitrogens with one attached hydrogen (secondary N) is 3. The maximum Gasteiger partial charge on any atom is 0.221 e. The van der Waals surface area contributed by atoms with Gasteiger partial charge in [-0.15, -0.1) is 0 Å². The molecule has 3 N–H and O–H groups in total. The summed E-state index contributed by atoms with van der Waals surface area (Å²) in [5.74, 6) is 0.816. The highest BCUT2D eigenvalue weighted by atomic mass is 16.1. The molecule has 1 aromatic rings. The first-order chi connectivity index (χ1) is 12.1. The minimum absolute atomic E-state index is 0.0746. The average molecular weight is 347 g/mol. The molecule has 0 aromatic heterocycles. The molecule has 1 amide bonds. The first kappa shape index (κ1) is 21.0. The van der Waals surface area contributed by atoms with Gasteiger partial charge in [-0.2, -0.15) is 0 Å². The van der Waals surface area contributed by atoms with E-state index in [-0.39, 0.29) is 11.3 Å². The molecule has 0 radical (unpaired) electrons. The minimum atomic E-state index is 0.0746. The summed E-state index contributed by atoms with van der Waals surface area (Å²) in [7, 11) is 1.76. The van der Waals surface area contributed by atoms with E-state index >= 15 is 0 Å². The fourth-order valence-electron chi connectivity index (χ4n) is 2.92. The Labute approximate surface area is 152 Å². The second-order valence-electron chi connectivity index (χ2n) is 6.31. The van der Waals surface area contributed by atoms with Crippen LogP contribution in [0.4, 0.5) is 0 Å². The number of benzene rings is 1. The van der Waals surface area contributed by atoms with E-state index < -0.39 is 0 Å². The average Bonchev–Trinajstić information content (AvgIpc) is 2.66. The number of guanidine groups is 1. The van der Waals surface area contributed by atoms with Crippen molar-refractivity contribution < 1.29 is 4.79 Å². The summed E-state index contributed by atoms with van der Waals surface area (Å²) in [4.78, 5) is 15.9. The van der Waals surface area contributed by atoms with Crippen LogP contribution in [0.25, 0.3) is 0 Å². The number of aliphatic imine (C=N–C) groups is 1. The molecule has 5 heteroatoms. The number of hydrogen-bond acceptors (Lipinski definition) is 2. The molecule has 0 spiro atoms. The Morgan fingerprint density at radius 1 is 1.00 bits per heavy atom. The van der Waals surface area contributed by atoms with E-state index in [9.17, 15) is 4.79 Å². The van der Waals surface area contributed by atoms with E-state index in [1.807, 2.05) is 6.92 Å². The first-order valence-electron chi connectivity index (χ1n) is 9.38. The lowest BCUT2D eigenvalue weighted by molar-refractivity contribution is -0.120. The summed E-state index contributed by atoms with van der Waals surface area (Å²) in [6, 6.07) is 10.6. The van der Waals surface area contributed by atoms with Gasteiger partial charge in [-0.1, -0.05) is 51.1 Å². The molecule has 0 unspecified atom stereocenters. The molecule has 0 atom stereocenters. The molecule has 1 aromatic carbocycles. The van der Waals surface area contributed by atoms with E-state index in [2.05, 4.69) is 65.1 Å². The first-order valence-corrected chi connectivity index (χ1v) is 9.38. The summed E-state index contributed by atoms with van der Waals surface area (Å²) in [6.45, 7) is 8.62. The van der Waals surface area contributed by atoms with Gasteiger partial charge in [0.2, 0.25) is 5.91 Å². The third kappa shape index (κ3) is 6.77. The van der Waals surface area contributed by atoms with Crippen LogP contribution in [-0.2, 0) is 10.2 Å². The van der Waals surface area contributed by atoms with Crippen LogP contribution in [0, 0.1) is 0 Å². The van der Waals surface area contributed by atoms with Crippen molar-refractivity contribution in [3.63, 3.8) is 0 Å². The summed E-state index contributed by atoms with van der Waals surface area (Å²) in [5.41, 5.74) is 1.43. The molecule has 0 aliphatic rings. The van der Waals surface area contributed by atoms with Crippen LogP contribution in [0.15, 0.2) is 35.3 Å². The smallest absolute Gasteiger partial charge is 0.221 e. The van der Waals surface area contributed by atoms with Crippen molar-refractivity contribution in [3.8, 4) is 0 Å². The van der Waals surface area contributed by atoms with Gasteiger partial charge in [0.25, 0.3) is 0 Å². The van der Waals surface area contributed by atoms with Crippen molar-refractivity contribution in [1.29, 1.82) is 0 Å². The van der Waals surface area contributed by atoms with E-state index in [0.717, 1.165) is 38.3 Å². The van der Waals surface area contributed by atoms with Crippen LogP contribution < -0.4 is 16.0 Å². The van der Waals surface area contributed by atoms with Crippen LogP contribution in [-0.4, -0.2) is 38.5 Å². The van der Waals surface area contributed by atoms with Crippen LogP contribution in [0.1, 0.15) is 52.0 Å². The highest BCUT2D eigenvalue weighted by molar-refractivity contribution is 5.81. The molecule has 0 fully saturated rings. The van der Waals surface area contributed by atoms with Gasteiger partial charge in [0.15, 0.2) is 5.96 Å². The zero-order chi connectivity index (χ0) is 18.5. The number of carbonyl (C=O) groups excluding carboxylic acids is 1. The molecular weight excluding hydrogens is 312 g/mol. The van der Waals surface area contributed by atoms with Gasteiger partial charge >= 0.3 is 0 Å². The SMILES string of the molecule is CCCNC(=O)CCNC(=NC)NCC(CC)(CC)c1ccccc1. The van der Waals surface area contributed by atoms with E-state index in [1.54, 1.807) is 7.05 Å². The van der Waals surface area contributed by atoms with Crippen LogP contribution in [0.2, 0.25) is 0 Å². The van der Waals surface area contributed by atoms with Crippen molar-refractivity contribution in [2.75, 3.05) is 26.7 Å². The van der Waals surface area contributed by atoms with Crippen LogP contribution in [0.3, 0.4) is 0 Å². The lowest BCUT2D eigenvalue weighted by atomic mass is 9.76. The molecule has 5 nitrogen and oxygen atoms in total. The summed E-state index contributed by atoms with van der Waals surface area (Å²) in [5, 5.41) is 9.54. The van der Waals surface area contributed by atoms with E-state index in [4.69, 9.17) is 0 Å². The van der Waals surface area contributed by atoms with Gasteiger partial charge in [0, 0.05) is 38.5 Å². The van der Waals surface area contributed by atoms with Gasteiger partial charge in [-0.3, -0.25) is 9.79 Å². The van der Waals surface area contributed by atoms with E-state index in [1.165, 1.54) is 5.56 Å². The second kappa shape index (κ2) is 11.5. The summed E-state index contributed by atoms with van der Waals surface area (Å²) in [6.07, 6.45) is 3.51. The Kier molecular flexibility index (Phi) is 9.66. The van der Waals surface area contributed by atoms with Crippen molar-refractivity contribution in [3.05, 3.63) is 35.9 Å². The predicted octanol–water partition coefficient (Wildman–Crippen LogP) is 2.83. The topological polar surface area (TPSA) is 65.5 Å². The van der Waals surface area contributed by atoms with Crippen LogP contribution in [0.5, 0.6) is 0 Å².